The van der Waals surface area contributed by atoms with Crippen LogP contribution in [0.4, 0.5) is 4.39 Å². The first-order chi connectivity index (χ1) is 7.56. The lowest BCUT2D eigenvalue weighted by atomic mass is 10.0. The molecule has 1 atom stereocenters. The van der Waals surface area contributed by atoms with Gasteiger partial charge in [-0.2, -0.15) is 0 Å². The van der Waals surface area contributed by atoms with E-state index < -0.39 is 17.8 Å². The Hall–Kier alpha value is -0.940. The van der Waals surface area contributed by atoms with Crippen LogP contribution in [0.2, 0.25) is 0 Å². The quantitative estimate of drug-likeness (QED) is 0.867. The third-order valence-corrected chi connectivity index (χ3v) is 2.75. The molecule has 0 unspecified atom stereocenters. The van der Waals surface area contributed by atoms with Gasteiger partial charge in [0.2, 0.25) is 0 Å². The van der Waals surface area contributed by atoms with E-state index in [0.29, 0.717) is 16.6 Å². The molecular formula is C11H13BrFNO2. The Balaban J connectivity index is 2.80. The molecule has 2 N–H and O–H groups in total. The highest BCUT2D eigenvalue weighted by Crippen LogP contribution is 2.26. The average molecular weight is 290 g/mol. The van der Waals surface area contributed by atoms with Crippen LogP contribution in [0.3, 0.4) is 0 Å². The lowest BCUT2D eigenvalue weighted by Gasteiger charge is -2.13. The maximum Gasteiger partial charge on any atom is 0.307 e. The maximum atomic E-state index is 13.5. The predicted molar refractivity (Wildman–Crippen MR) is 62.3 cm³/mol. The van der Waals surface area contributed by atoms with Gasteiger partial charge in [0.1, 0.15) is 5.82 Å². The first-order valence-corrected chi connectivity index (χ1v) is 5.70. The molecule has 0 heterocycles. The van der Waals surface area contributed by atoms with Gasteiger partial charge in [-0.1, -0.05) is 22.0 Å². The van der Waals surface area contributed by atoms with Crippen molar-refractivity contribution in [2.24, 2.45) is 5.73 Å². The van der Waals surface area contributed by atoms with Gasteiger partial charge in [0.25, 0.3) is 0 Å². The molecule has 5 heteroatoms. The first-order valence-electron chi connectivity index (χ1n) is 4.91. The molecular weight excluding hydrogens is 277 g/mol. The highest BCUT2D eigenvalue weighted by atomic mass is 79.9. The average Bonchev–Trinajstić information content (AvgIpc) is 2.17. The van der Waals surface area contributed by atoms with Gasteiger partial charge in [-0.25, -0.2) is 4.39 Å². The number of esters is 1. The van der Waals surface area contributed by atoms with Crippen LogP contribution in [-0.2, 0) is 9.53 Å². The summed E-state index contributed by atoms with van der Waals surface area (Å²) < 4.78 is 18.8. The van der Waals surface area contributed by atoms with Crippen molar-refractivity contribution >= 4 is 21.9 Å². The number of ether oxygens (including phenoxy) is 1. The molecule has 1 aromatic rings. The Bertz CT molecular complexity index is 364. The zero-order valence-corrected chi connectivity index (χ0v) is 10.5. The van der Waals surface area contributed by atoms with Crippen molar-refractivity contribution < 1.29 is 13.9 Å². The fourth-order valence-electron chi connectivity index (χ4n) is 1.37. The summed E-state index contributed by atoms with van der Waals surface area (Å²) in [6.07, 6.45) is -0.0344. The molecule has 0 bridgehead atoms. The van der Waals surface area contributed by atoms with Gasteiger partial charge in [-0.15, -0.1) is 0 Å². The van der Waals surface area contributed by atoms with Crippen LogP contribution in [0.1, 0.15) is 24.9 Å². The second-order valence-electron chi connectivity index (χ2n) is 3.25. The Morgan fingerprint density at radius 2 is 2.31 bits per heavy atom. The fraction of sp³-hybridized carbons (Fsp3) is 0.364. The van der Waals surface area contributed by atoms with Crippen LogP contribution < -0.4 is 5.73 Å². The van der Waals surface area contributed by atoms with E-state index in [1.165, 1.54) is 6.07 Å². The molecule has 0 radical (unpaired) electrons. The second-order valence-corrected chi connectivity index (χ2v) is 4.11. The number of carbonyl (C=O) groups is 1. The highest BCUT2D eigenvalue weighted by Gasteiger charge is 2.18. The van der Waals surface area contributed by atoms with Crippen molar-refractivity contribution in [3.63, 3.8) is 0 Å². The number of carbonyl (C=O) groups excluding carboxylic acids is 1. The molecule has 3 nitrogen and oxygen atoms in total. The summed E-state index contributed by atoms with van der Waals surface area (Å²) in [5.74, 6) is -0.851. The van der Waals surface area contributed by atoms with E-state index in [2.05, 4.69) is 15.9 Å². The Kier molecular flexibility index (Phi) is 4.89. The summed E-state index contributed by atoms with van der Waals surface area (Å²) in [6, 6.07) is 3.86. The Morgan fingerprint density at radius 1 is 1.62 bits per heavy atom. The molecule has 1 aromatic carbocycles. The van der Waals surface area contributed by atoms with Crippen LogP contribution in [0, 0.1) is 5.82 Å². The zero-order chi connectivity index (χ0) is 12.1. The molecule has 0 aliphatic rings. The number of hydrogen-bond donors (Lipinski definition) is 1. The lowest BCUT2D eigenvalue weighted by Crippen LogP contribution is -2.18. The normalized spacial score (nSPS) is 12.2. The highest BCUT2D eigenvalue weighted by molar-refractivity contribution is 9.10. The summed E-state index contributed by atoms with van der Waals surface area (Å²) >= 11 is 3.20. The van der Waals surface area contributed by atoms with Gasteiger partial charge in [0, 0.05) is 16.1 Å². The number of rotatable bonds is 4. The fourth-order valence-corrected chi connectivity index (χ4v) is 2.00. The summed E-state index contributed by atoms with van der Waals surface area (Å²) in [5, 5.41) is 0. The van der Waals surface area contributed by atoms with Gasteiger partial charge in [0.05, 0.1) is 13.0 Å². The van der Waals surface area contributed by atoms with Crippen LogP contribution >= 0.6 is 15.9 Å². The van der Waals surface area contributed by atoms with Gasteiger partial charge in [-0.3, -0.25) is 4.79 Å². The van der Waals surface area contributed by atoms with Gasteiger partial charge >= 0.3 is 5.97 Å². The number of hydrogen-bond acceptors (Lipinski definition) is 3. The molecule has 0 aromatic heterocycles. The lowest BCUT2D eigenvalue weighted by molar-refractivity contribution is -0.143. The molecule has 0 spiro atoms. The van der Waals surface area contributed by atoms with E-state index in [-0.39, 0.29) is 6.42 Å². The van der Waals surface area contributed by atoms with Gasteiger partial charge in [-0.05, 0) is 19.1 Å². The smallest absolute Gasteiger partial charge is 0.307 e. The minimum absolute atomic E-state index is 0.0344. The molecule has 0 fully saturated rings. The molecule has 1 rings (SSSR count). The third kappa shape index (κ3) is 3.28. The van der Waals surface area contributed by atoms with E-state index in [1.54, 1.807) is 19.1 Å². The largest absolute Gasteiger partial charge is 0.466 e. The monoisotopic (exact) mass is 289 g/mol. The Morgan fingerprint density at radius 3 is 2.88 bits per heavy atom. The third-order valence-electron chi connectivity index (χ3n) is 2.06. The second kappa shape index (κ2) is 5.96. The standard InChI is InChI=1S/C11H13BrFNO2/c1-2-16-10(15)6-9(14)11-7(12)4-3-5-8(11)13/h3-5,9H,2,6,14H2,1H3/t9-/m0/s1. The summed E-state index contributed by atoms with van der Waals surface area (Å²) in [5.41, 5.74) is 6.06. The molecule has 88 valence electrons. The first kappa shape index (κ1) is 13.1. The predicted octanol–water partition coefficient (Wildman–Crippen LogP) is 2.54. The number of nitrogens with two attached hydrogens (primary N) is 1. The minimum Gasteiger partial charge on any atom is -0.466 e. The summed E-state index contributed by atoms with van der Waals surface area (Å²) in [6.45, 7) is 2.01. The molecule has 0 saturated carbocycles. The van der Waals surface area contributed by atoms with Crippen molar-refractivity contribution in [3.05, 3.63) is 34.1 Å². The zero-order valence-electron chi connectivity index (χ0n) is 8.87. The van der Waals surface area contributed by atoms with Crippen molar-refractivity contribution in [3.8, 4) is 0 Å². The Labute approximate surface area is 102 Å². The minimum atomic E-state index is -0.699. The van der Waals surface area contributed by atoms with Gasteiger partial charge < -0.3 is 10.5 Å². The number of halogens is 2. The molecule has 0 aliphatic carbocycles. The van der Waals surface area contributed by atoms with Crippen molar-refractivity contribution in [2.45, 2.75) is 19.4 Å². The van der Waals surface area contributed by atoms with Crippen LogP contribution in [0.15, 0.2) is 22.7 Å². The molecule has 16 heavy (non-hydrogen) atoms. The van der Waals surface area contributed by atoms with E-state index in [9.17, 15) is 9.18 Å². The molecule has 0 saturated heterocycles. The van der Waals surface area contributed by atoms with Gasteiger partial charge in [0.15, 0.2) is 0 Å². The van der Waals surface area contributed by atoms with Crippen LogP contribution in [0.25, 0.3) is 0 Å². The SMILES string of the molecule is CCOC(=O)C[C@H](N)c1c(F)cccc1Br. The topological polar surface area (TPSA) is 52.3 Å². The van der Waals surface area contributed by atoms with Crippen molar-refractivity contribution in [2.75, 3.05) is 6.61 Å². The van der Waals surface area contributed by atoms with Crippen LogP contribution in [-0.4, -0.2) is 12.6 Å². The maximum absolute atomic E-state index is 13.5. The summed E-state index contributed by atoms with van der Waals surface area (Å²) in [7, 11) is 0. The number of benzene rings is 1. The molecule has 0 aliphatic heterocycles. The van der Waals surface area contributed by atoms with Crippen molar-refractivity contribution in [1.29, 1.82) is 0 Å². The van der Waals surface area contributed by atoms with E-state index in [0.717, 1.165) is 0 Å². The molecule has 0 amide bonds. The van der Waals surface area contributed by atoms with Crippen molar-refractivity contribution in [1.82, 2.24) is 0 Å². The van der Waals surface area contributed by atoms with E-state index in [1.807, 2.05) is 0 Å². The van der Waals surface area contributed by atoms with E-state index >= 15 is 0 Å². The summed E-state index contributed by atoms with van der Waals surface area (Å²) in [4.78, 5) is 11.2. The van der Waals surface area contributed by atoms with E-state index in [4.69, 9.17) is 10.5 Å². The van der Waals surface area contributed by atoms with Crippen LogP contribution in [0.5, 0.6) is 0 Å².